The summed E-state index contributed by atoms with van der Waals surface area (Å²) in [7, 11) is -0.109. The van der Waals surface area contributed by atoms with Crippen molar-refractivity contribution in [2.24, 2.45) is 0 Å². The minimum atomic E-state index is -3.17. The predicted molar refractivity (Wildman–Crippen MR) is 267 cm³/mol. The Hall–Kier alpha value is -7.17. The molecule has 360 valence electrons. The van der Waals surface area contributed by atoms with E-state index in [-0.39, 0.29) is 71.5 Å². The van der Waals surface area contributed by atoms with Gasteiger partial charge in [0.2, 0.25) is 0 Å². The summed E-state index contributed by atoms with van der Waals surface area (Å²) in [6, 6.07) is 34.8. The highest BCUT2D eigenvalue weighted by Crippen LogP contribution is 2.28. The Bertz CT molecular complexity index is 2900. The van der Waals surface area contributed by atoms with Crippen molar-refractivity contribution in [3.05, 3.63) is 160 Å². The second-order valence-corrected chi connectivity index (χ2v) is 19.6. The molecule has 0 atom stereocenters. The lowest BCUT2D eigenvalue weighted by molar-refractivity contribution is 0.0599. The Kier molecular flexibility index (Phi) is 16.4. The maximum atomic E-state index is 14.0. The standard InChI is InChI=1S/C53H59N7O8S/c1-5-42(6-2)60(29-28-58(3)51(63)45-18-11-19-46(55-45)52(64)59-30-32-69(66,67)33-31-59)35-38-14-10-15-40(34-38)49(61)57-48-47(43-16-7-8-17-44(43)56-48)50(62)54-41-26-22-37(23-27-41)13-9-12-36-20-24-39(25-21-36)53(65)68-4/h7-8,10-11,14-27,34,42,56H,5-6,9,12-13,28-33,35H2,1-4H3,(H,54,62)(H,57,61). The van der Waals surface area contributed by atoms with E-state index >= 15 is 0 Å². The number of likely N-dealkylation sites (N-methyl/N-ethyl adjacent to an activating group) is 1. The molecule has 1 fully saturated rings. The number of carbonyl (C=O) groups is 5. The summed E-state index contributed by atoms with van der Waals surface area (Å²) in [6.07, 6.45) is 4.32. The van der Waals surface area contributed by atoms with Gasteiger partial charge in [0.25, 0.3) is 23.6 Å². The third kappa shape index (κ3) is 12.7. The number of aromatic amines is 1. The molecule has 0 saturated carbocycles. The van der Waals surface area contributed by atoms with Crippen LogP contribution >= 0.6 is 0 Å². The molecule has 0 aliphatic carbocycles. The first kappa shape index (κ1) is 49.7. The van der Waals surface area contributed by atoms with Crippen LogP contribution in [0.1, 0.15) is 102 Å². The second kappa shape index (κ2) is 22.8. The summed E-state index contributed by atoms with van der Waals surface area (Å²) >= 11 is 0. The number of carbonyl (C=O) groups excluding carboxylic acids is 5. The first-order valence-electron chi connectivity index (χ1n) is 23.3. The highest BCUT2D eigenvalue weighted by atomic mass is 32.2. The number of benzene rings is 4. The number of methoxy groups -OCH3 is 1. The number of hydrogen-bond acceptors (Lipinski definition) is 10. The van der Waals surface area contributed by atoms with Crippen molar-refractivity contribution in [1.82, 2.24) is 24.7 Å². The number of amides is 4. The van der Waals surface area contributed by atoms with E-state index in [2.05, 4.69) is 39.3 Å². The van der Waals surface area contributed by atoms with Crippen LogP contribution in [-0.2, 0) is 34.0 Å². The van der Waals surface area contributed by atoms with Gasteiger partial charge in [0.05, 0.1) is 29.7 Å². The smallest absolute Gasteiger partial charge is 0.337 e. The van der Waals surface area contributed by atoms with Gasteiger partial charge in [-0.2, -0.15) is 0 Å². The predicted octanol–water partition coefficient (Wildman–Crippen LogP) is 7.66. The lowest BCUT2D eigenvalue weighted by Gasteiger charge is -2.32. The summed E-state index contributed by atoms with van der Waals surface area (Å²) in [5.74, 6) is -1.80. The monoisotopic (exact) mass is 953 g/mol. The quantitative estimate of drug-likeness (QED) is 0.0680. The number of rotatable bonds is 19. The topological polar surface area (TPSA) is 191 Å². The van der Waals surface area contributed by atoms with E-state index in [0.717, 1.165) is 48.8 Å². The van der Waals surface area contributed by atoms with Crippen molar-refractivity contribution in [3.63, 3.8) is 0 Å². The molecule has 2 aromatic heterocycles. The van der Waals surface area contributed by atoms with Crippen LogP contribution in [0, 0.1) is 0 Å². The number of fused-ring (bicyclic) bond motifs is 1. The number of sulfone groups is 1. The van der Waals surface area contributed by atoms with Crippen LogP contribution in [0.15, 0.2) is 115 Å². The van der Waals surface area contributed by atoms with E-state index < -0.39 is 15.7 Å². The summed E-state index contributed by atoms with van der Waals surface area (Å²) in [5, 5.41) is 6.65. The molecule has 4 aromatic carbocycles. The van der Waals surface area contributed by atoms with E-state index in [1.54, 1.807) is 42.3 Å². The van der Waals surface area contributed by atoms with Gasteiger partial charge in [0, 0.05) is 68.0 Å². The van der Waals surface area contributed by atoms with Crippen molar-refractivity contribution in [3.8, 4) is 0 Å². The van der Waals surface area contributed by atoms with E-state index in [4.69, 9.17) is 4.74 Å². The van der Waals surface area contributed by atoms with Gasteiger partial charge < -0.3 is 30.2 Å². The molecular formula is C53H59N7O8S. The molecule has 6 aromatic rings. The Labute approximate surface area is 403 Å². The Morgan fingerprint density at radius 1 is 0.739 bits per heavy atom. The van der Waals surface area contributed by atoms with Crippen LogP contribution in [0.5, 0.6) is 0 Å². The van der Waals surface area contributed by atoms with Gasteiger partial charge in [-0.05, 0) is 103 Å². The minimum Gasteiger partial charge on any atom is -0.465 e. The van der Waals surface area contributed by atoms with Crippen LogP contribution in [0.4, 0.5) is 11.5 Å². The first-order chi connectivity index (χ1) is 33.2. The van der Waals surface area contributed by atoms with Crippen LogP contribution in [0.3, 0.4) is 0 Å². The molecule has 3 heterocycles. The number of H-pyrrole nitrogens is 1. The van der Waals surface area contributed by atoms with Gasteiger partial charge in [0.1, 0.15) is 17.2 Å². The average Bonchev–Trinajstić information content (AvgIpc) is 3.73. The van der Waals surface area contributed by atoms with E-state index in [0.29, 0.717) is 52.9 Å². The third-order valence-electron chi connectivity index (χ3n) is 12.6. The van der Waals surface area contributed by atoms with Crippen LogP contribution in [0.25, 0.3) is 10.9 Å². The highest BCUT2D eigenvalue weighted by Gasteiger charge is 2.28. The number of pyridine rings is 1. The number of hydrogen-bond donors (Lipinski definition) is 3. The Morgan fingerprint density at radius 3 is 2.07 bits per heavy atom. The molecule has 0 unspecified atom stereocenters. The molecule has 69 heavy (non-hydrogen) atoms. The molecule has 15 nitrogen and oxygen atoms in total. The number of nitrogens with zero attached hydrogens (tertiary/aromatic N) is 4. The summed E-state index contributed by atoms with van der Waals surface area (Å²) < 4.78 is 28.6. The van der Waals surface area contributed by atoms with E-state index in [1.807, 2.05) is 78.9 Å². The number of nitrogens with one attached hydrogen (secondary N) is 3. The van der Waals surface area contributed by atoms with Gasteiger partial charge in [0.15, 0.2) is 9.84 Å². The molecule has 1 aliphatic heterocycles. The SMILES string of the molecule is CCC(CC)N(CCN(C)C(=O)c1cccc(C(=O)N2CCS(=O)(=O)CC2)n1)Cc1cccc(C(=O)Nc2[nH]c3ccccc3c2C(=O)Nc2ccc(CCCc3ccc(C(=O)OC)cc3)cc2)c1. The summed E-state index contributed by atoms with van der Waals surface area (Å²) in [5.41, 5.74) is 5.91. The molecule has 7 rings (SSSR count). The van der Waals surface area contributed by atoms with Crippen molar-refractivity contribution in [2.45, 2.75) is 58.5 Å². The summed E-state index contributed by atoms with van der Waals surface area (Å²) in [4.78, 5) is 79.4. The fourth-order valence-electron chi connectivity index (χ4n) is 8.59. The number of esters is 1. The molecule has 0 radical (unpaired) electrons. The minimum absolute atomic E-state index is 0.0875. The Morgan fingerprint density at radius 2 is 1.39 bits per heavy atom. The average molecular weight is 954 g/mol. The van der Waals surface area contributed by atoms with Crippen molar-refractivity contribution >= 4 is 61.8 Å². The molecule has 16 heteroatoms. The zero-order valence-electron chi connectivity index (χ0n) is 39.5. The summed E-state index contributed by atoms with van der Waals surface area (Å²) in [6.45, 7) is 5.81. The lowest BCUT2D eigenvalue weighted by atomic mass is 10.0. The van der Waals surface area contributed by atoms with Crippen molar-refractivity contribution in [1.29, 1.82) is 0 Å². The normalized spacial score (nSPS) is 13.3. The molecule has 4 amide bonds. The van der Waals surface area contributed by atoms with Gasteiger partial charge in [-0.15, -0.1) is 0 Å². The van der Waals surface area contributed by atoms with Crippen LogP contribution < -0.4 is 10.6 Å². The number of aryl methyl sites for hydroxylation is 2. The maximum absolute atomic E-state index is 14.0. The van der Waals surface area contributed by atoms with Gasteiger partial charge in [-0.1, -0.05) is 74.5 Å². The van der Waals surface area contributed by atoms with Crippen LogP contribution in [0.2, 0.25) is 0 Å². The number of ether oxygens (including phenoxy) is 1. The van der Waals surface area contributed by atoms with Gasteiger partial charge in [-0.25, -0.2) is 18.2 Å². The van der Waals surface area contributed by atoms with Crippen molar-refractivity contribution < 1.29 is 37.1 Å². The number of anilines is 2. The first-order valence-corrected chi connectivity index (χ1v) is 25.1. The second-order valence-electron chi connectivity index (χ2n) is 17.3. The molecular weight excluding hydrogens is 895 g/mol. The highest BCUT2D eigenvalue weighted by molar-refractivity contribution is 7.91. The maximum Gasteiger partial charge on any atom is 0.337 e. The lowest BCUT2D eigenvalue weighted by Crippen LogP contribution is -2.44. The largest absolute Gasteiger partial charge is 0.465 e. The van der Waals surface area contributed by atoms with E-state index in [1.165, 1.54) is 18.1 Å². The third-order valence-corrected chi connectivity index (χ3v) is 14.2. The Balaban J connectivity index is 0.974. The van der Waals surface area contributed by atoms with E-state index in [9.17, 15) is 32.4 Å². The molecule has 0 bridgehead atoms. The number of para-hydroxylation sites is 1. The number of aromatic nitrogens is 2. The molecule has 1 saturated heterocycles. The molecule has 0 spiro atoms. The fourth-order valence-corrected chi connectivity index (χ4v) is 9.80. The zero-order valence-corrected chi connectivity index (χ0v) is 40.3. The zero-order chi connectivity index (χ0) is 49.1. The van der Waals surface area contributed by atoms with Gasteiger partial charge in [-0.3, -0.25) is 24.1 Å². The van der Waals surface area contributed by atoms with Gasteiger partial charge >= 0.3 is 5.97 Å². The molecule has 3 N–H and O–H groups in total. The van der Waals surface area contributed by atoms with Crippen molar-refractivity contribution in [2.75, 3.05) is 62.5 Å². The van der Waals surface area contributed by atoms with Crippen LogP contribution in [-0.4, -0.2) is 121 Å². The molecule has 1 aliphatic rings. The fraction of sp³-hybridized carbons (Fsp3) is 0.321.